The second-order valence-corrected chi connectivity index (χ2v) is 3.66. The van der Waals surface area contributed by atoms with Gasteiger partial charge in [-0.3, -0.25) is 9.89 Å². The number of nitrogens with one attached hydrogen (secondary N) is 1. The van der Waals surface area contributed by atoms with Gasteiger partial charge in [-0.15, -0.1) is 0 Å². The number of aromatic nitrogens is 2. The van der Waals surface area contributed by atoms with Crippen molar-refractivity contribution in [2.45, 2.75) is 0 Å². The standard InChI is InChI=1S/C9H8BrN3O/c10-9-8-5(7(14)4-11)2-1-3-6(8)12-13-9/h1-3H,4,11H2,(H,12,13). The molecule has 0 saturated carbocycles. The number of Topliss-reactive ketones (excluding diaryl/α,β-unsaturated/α-hetero) is 1. The van der Waals surface area contributed by atoms with Gasteiger partial charge in [-0.25, -0.2) is 0 Å². The van der Waals surface area contributed by atoms with E-state index in [1.807, 2.05) is 6.07 Å². The molecule has 2 rings (SSSR count). The Morgan fingerprint density at radius 2 is 2.36 bits per heavy atom. The Morgan fingerprint density at radius 3 is 3.07 bits per heavy atom. The predicted octanol–water partition coefficient (Wildman–Crippen LogP) is 1.47. The van der Waals surface area contributed by atoms with Crippen LogP contribution < -0.4 is 5.73 Å². The highest BCUT2D eigenvalue weighted by Crippen LogP contribution is 2.24. The van der Waals surface area contributed by atoms with Gasteiger partial charge < -0.3 is 5.73 Å². The number of nitrogens with zero attached hydrogens (tertiary/aromatic N) is 1. The van der Waals surface area contributed by atoms with E-state index in [0.29, 0.717) is 10.2 Å². The van der Waals surface area contributed by atoms with Crippen LogP contribution in [0, 0.1) is 0 Å². The van der Waals surface area contributed by atoms with Crippen molar-refractivity contribution in [3.63, 3.8) is 0 Å². The highest BCUT2D eigenvalue weighted by Gasteiger charge is 2.12. The van der Waals surface area contributed by atoms with Crippen LogP contribution in [0.5, 0.6) is 0 Å². The van der Waals surface area contributed by atoms with Crippen LogP contribution in [0.4, 0.5) is 0 Å². The summed E-state index contributed by atoms with van der Waals surface area (Å²) in [5, 5.41) is 7.59. The summed E-state index contributed by atoms with van der Waals surface area (Å²) in [5.41, 5.74) is 6.68. The van der Waals surface area contributed by atoms with Crippen molar-refractivity contribution in [1.29, 1.82) is 0 Å². The first-order valence-electron chi connectivity index (χ1n) is 4.10. The second kappa shape index (κ2) is 3.51. The van der Waals surface area contributed by atoms with Crippen LogP contribution in [0.3, 0.4) is 0 Å². The third kappa shape index (κ3) is 1.34. The van der Waals surface area contributed by atoms with Crippen molar-refractivity contribution < 1.29 is 4.79 Å². The number of ketones is 1. The van der Waals surface area contributed by atoms with E-state index in [1.54, 1.807) is 12.1 Å². The van der Waals surface area contributed by atoms with E-state index >= 15 is 0 Å². The zero-order valence-corrected chi connectivity index (χ0v) is 8.84. The Hall–Kier alpha value is -1.20. The third-order valence-corrected chi connectivity index (χ3v) is 2.60. The molecule has 2 aromatic rings. The first-order valence-corrected chi connectivity index (χ1v) is 4.89. The minimum Gasteiger partial charge on any atom is -0.324 e. The molecular weight excluding hydrogens is 246 g/mol. The molecular formula is C9H8BrN3O. The quantitative estimate of drug-likeness (QED) is 0.797. The smallest absolute Gasteiger partial charge is 0.177 e. The van der Waals surface area contributed by atoms with E-state index in [2.05, 4.69) is 26.1 Å². The average molecular weight is 254 g/mol. The number of carbonyl (C=O) groups is 1. The van der Waals surface area contributed by atoms with Gasteiger partial charge in [0, 0.05) is 10.9 Å². The maximum absolute atomic E-state index is 11.5. The molecule has 3 N–H and O–H groups in total. The Bertz CT molecular complexity index is 492. The van der Waals surface area contributed by atoms with Crippen LogP contribution in [0.1, 0.15) is 10.4 Å². The van der Waals surface area contributed by atoms with Gasteiger partial charge in [0.2, 0.25) is 0 Å². The van der Waals surface area contributed by atoms with Gasteiger partial charge in [-0.2, -0.15) is 5.10 Å². The van der Waals surface area contributed by atoms with Crippen LogP contribution in [0.2, 0.25) is 0 Å². The van der Waals surface area contributed by atoms with Crippen LogP contribution in [0.15, 0.2) is 22.8 Å². The Morgan fingerprint density at radius 1 is 1.57 bits per heavy atom. The number of fused-ring (bicyclic) bond motifs is 1. The maximum Gasteiger partial charge on any atom is 0.177 e. The first kappa shape index (κ1) is 9.36. The predicted molar refractivity (Wildman–Crippen MR) is 57.2 cm³/mol. The molecule has 1 aromatic heterocycles. The third-order valence-electron chi connectivity index (χ3n) is 2.02. The molecule has 0 unspecified atom stereocenters. The lowest BCUT2D eigenvalue weighted by Crippen LogP contribution is -2.13. The molecule has 0 aliphatic carbocycles. The minimum atomic E-state index is -0.0855. The van der Waals surface area contributed by atoms with Crippen molar-refractivity contribution in [1.82, 2.24) is 10.2 Å². The molecule has 0 spiro atoms. The van der Waals surface area contributed by atoms with Crippen molar-refractivity contribution in [3.8, 4) is 0 Å². The van der Waals surface area contributed by atoms with Crippen LogP contribution in [-0.2, 0) is 0 Å². The lowest BCUT2D eigenvalue weighted by Gasteiger charge is -1.99. The summed E-state index contributed by atoms with van der Waals surface area (Å²) in [4.78, 5) is 11.5. The zero-order chi connectivity index (χ0) is 10.1. The fourth-order valence-corrected chi connectivity index (χ4v) is 1.88. The van der Waals surface area contributed by atoms with Crippen molar-refractivity contribution in [3.05, 3.63) is 28.4 Å². The molecule has 0 saturated heterocycles. The van der Waals surface area contributed by atoms with Gasteiger partial charge in [-0.05, 0) is 22.0 Å². The van der Waals surface area contributed by atoms with Crippen LogP contribution >= 0.6 is 15.9 Å². The van der Waals surface area contributed by atoms with Crippen molar-refractivity contribution in [2.75, 3.05) is 6.54 Å². The van der Waals surface area contributed by atoms with E-state index in [1.165, 1.54) is 0 Å². The molecule has 0 fully saturated rings. The average Bonchev–Trinajstić information content (AvgIpc) is 2.59. The highest BCUT2D eigenvalue weighted by atomic mass is 79.9. The zero-order valence-electron chi connectivity index (χ0n) is 7.25. The number of hydrogen-bond acceptors (Lipinski definition) is 3. The molecule has 0 aliphatic heterocycles. The largest absolute Gasteiger partial charge is 0.324 e. The Labute approximate surface area is 88.6 Å². The van der Waals surface area contributed by atoms with E-state index in [0.717, 1.165) is 10.9 Å². The molecule has 0 bridgehead atoms. The molecule has 72 valence electrons. The Kier molecular flexibility index (Phi) is 2.35. The van der Waals surface area contributed by atoms with Gasteiger partial charge >= 0.3 is 0 Å². The fraction of sp³-hybridized carbons (Fsp3) is 0.111. The van der Waals surface area contributed by atoms with E-state index in [4.69, 9.17) is 5.73 Å². The van der Waals surface area contributed by atoms with Crippen LogP contribution in [-0.4, -0.2) is 22.5 Å². The number of aromatic amines is 1. The molecule has 0 amide bonds. The summed E-state index contributed by atoms with van der Waals surface area (Å²) in [6, 6.07) is 5.38. The van der Waals surface area contributed by atoms with Crippen molar-refractivity contribution in [2.24, 2.45) is 5.73 Å². The van der Waals surface area contributed by atoms with Gasteiger partial charge in [0.05, 0.1) is 12.1 Å². The number of benzene rings is 1. The summed E-state index contributed by atoms with van der Waals surface area (Å²) in [7, 11) is 0. The number of nitrogens with two attached hydrogens (primary N) is 1. The number of rotatable bonds is 2. The second-order valence-electron chi connectivity index (χ2n) is 2.86. The molecule has 4 nitrogen and oxygen atoms in total. The lowest BCUT2D eigenvalue weighted by atomic mass is 10.1. The van der Waals surface area contributed by atoms with Gasteiger partial charge in [0.1, 0.15) is 4.60 Å². The SMILES string of the molecule is NCC(=O)c1cccc2n[nH]c(Br)c12. The summed E-state index contributed by atoms with van der Waals surface area (Å²) in [6.07, 6.45) is 0. The van der Waals surface area contributed by atoms with Gasteiger partial charge in [-0.1, -0.05) is 12.1 Å². The van der Waals surface area contributed by atoms with Crippen molar-refractivity contribution >= 4 is 32.6 Å². The first-order chi connectivity index (χ1) is 6.74. The number of hydrogen-bond donors (Lipinski definition) is 2. The molecule has 0 radical (unpaired) electrons. The summed E-state index contributed by atoms with van der Waals surface area (Å²) >= 11 is 3.30. The number of H-pyrrole nitrogens is 1. The summed E-state index contributed by atoms with van der Waals surface area (Å²) in [6.45, 7) is 0.0106. The maximum atomic E-state index is 11.5. The van der Waals surface area contributed by atoms with E-state index < -0.39 is 0 Å². The van der Waals surface area contributed by atoms with E-state index in [-0.39, 0.29) is 12.3 Å². The Balaban J connectivity index is 2.75. The lowest BCUT2D eigenvalue weighted by molar-refractivity contribution is 0.100. The topological polar surface area (TPSA) is 71.8 Å². The summed E-state index contributed by atoms with van der Waals surface area (Å²) < 4.78 is 0.713. The molecule has 0 atom stereocenters. The van der Waals surface area contributed by atoms with E-state index in [9.17, 15) is 4.79 Å². The van der Waals surface area contributed by atoms with Crippen LogP contribution in [0.25, 0.3) is 10.9 Å². The highest BCUT2D eigenvalue weighted by molar-refractivity contribution is 9.10. The van der Waals surface area contributed by atoms with Gasteiger partial charge in [0.25, 0.3) is 0 Å². The monoisotopic (exact) mass is 253 g/mol. The molecule has 1 heterocycles. The van der Waals surface area contributed by atoms with Gasteiger partial charge in [0.15, 0.2) is 5.78 Å². The molecule has 1 aromatic carbocycles. The molecule has 5 heteroatoms. The number of carbonyl (C=O) groups excluding carboxylic acids is 1. The normalized spacial score (nSPS) is 10.7. The summed E-state index contributed by atoms with van der Waals surface area (Å²) in [5.74, 6) is -0.0855. The fourth-order valence-electron chi connectivity index (χ4n) is 1.37. The molecule has 14 heavy (non-hydrogen) atoms. The molecule has 0 aliphatic rings. The number of halogens is 1. The minimum absolute atomic E-state index is 0.0106.